The van der Waals surface area contributed by atoms with Crippen molar-refractivity contribution in [1.82, 2.24) is 25.3 Å². The number of carbonyl (C=O) groups is 1. The van der Waals surface area contributed by atoms with Crippen LogP contribution in [0.3, 0.4) is 0 Å². The van der Waals surface area contributed by atoms with Crippen LogP contribution in [-0.2, 0) is 23.1 Å². The van der Waals surface area contributed by atoms with Gasteiger partial charge in [-0.3, -0.25) is 19.8 Å². The lowest BCUT2D eigenvalue weighted by molar-refractivity contribution is -0.132. The molecule has 1 unspecified atom stereocenters. The maximum absolute atomic E-state index is 12.7. The number of aromatic nitrogens is 4. The summed E-state index contributed by atoms with van der Waals surface area (Å²) in [4.78, 5) is 26.4. The maximum atomic E-state index is 12.7. The Morgan fingerprint density at radius 2 is 2.26 bits per heavy atom. The van der Waals surface area contributed by atoms with E-state index in [2.05, 4.69) is 20.4 Å². The number of aromatic amines is 3. The fraction of sp³-hybridized carbons (Fsp3) is 0.562. The molecule has 3 heterocycles. The molecule has 1 atom stereocenters. The molecule has 1 aliphatic carbocycles. The van der Waals surface area contributed by atoms with Crippen LogP contribution in [0, 0.1) is 6.92 Å². The number of nitrogens with one attached hydrogen (secondary N) is 3. The van der Waals surface area contributed by atoms with Gasteiger partial charge in [-0.1, -0.05) is 0 Å². The van der Waals surface area contributed by atoms with Crippen LogP contribution >= 0.6 is 0 Å². The van der Waals surface area contributed by atoms with Crippen LogP contribution in [0.1, 0.15) is 41.8 Å². The van der Waals surface area contributed by atoms with Crippen molar-refractivity contribution in [2.45, 2.75) is 44.4 Å². The second-order valence-corrected chi connectivity index (χ2v) is 6.83. The van der Waals surface area contributed by atoms with E-state index < -0.39 is 0 Å². The molecule has 2 aromatic rings. The number of rotatable bonds is 2. The lowest BCUT2D eigenvalue weighted by Gasteiger charge is -2.40. The summed E-state index contributed by atoms with van der Waals surface area (Å²) in [6.45, 7) is 3.31. The molecule has 0 bridgehead atoms. The number of amides is 1. The van der Waals surface area contributed by atoms with Gasteiger partial charge >= 0.3 is 0 Å². The standard InChI is InChI=1S/C16H21N5O2/c1-10-12(15(23)20-18-10)7-13(22)21-6-2-4-16(9-21)5-3-11-8-17-19-14(11)16/h8H,2-7,9H2,1H3,(H,17,19)(H2,18,20,23). The zero-order valence-corrected chi connectivity index (χ0v) is 13.2. The average molecular weight is 315 g/mol. The zero-order chi connectivity index (χ0) is 16.0. The normalized spacial score (nSPS) is 23.4. The van der Waals surface area contributed by atoms with Crippen molar-refractivity contribution in [3.63, 3.8) is 0 Å². The molecule has 2 aromatic heterocycles. The molecule has 0 radical (unpaired) electrons. The van der Waals surface area contributed by atoms with Crippen LogP contribution in [0.15, 0.2) is 11.0 Å². The number of carbonyl (C=O) groups excluding carboxylic acids is 1. The zero-order valence-electron chi connectivity index (χ0n) is 13.2. The van der Waals surface area contributed by atoms with E-state index in [0.717, 1.165) is 44.5 Å². The fourth-order valence-electron chi connectivity index (χ4n) is 4.16. The van der Waals surface area contributed by atoms with Crippen LogP contribution in [-0.4, -0.2) is 44.3 Å². The molecule has 4 rings (SSSR count). The first-order chi connectivity index (χ1) is 11.1. The largest absolute Gasteiger partial charge is 0.341 e. The second kappa shape index (κ2) is 5.11. The molecule has 7 heteroatoms. The molecular formula is C16H21N5O2. The number of hydrogen-bond acceptors (Lipinski definition) is 3. The topological polar surface area (TPSA) is 97.6 Å². The summed E-state index contributed by atoms with van der Waals surface area (Å²) in [5.41, 5.74) is 3.62. The Labute approximate surface area is 133 Å². The predicted octanol–water partition coefficient (Wildman–Crippen LogP) is 0.784. The van der Waals surface area contributed by atoms with Gasteiger partial charge in [0.2, 0.25) is 5.91 Å². The molecule has 0 aromatic carbocycles. The smallest absolute Gasteiger partial charge is 0.267 e. The summed E-state index contributed by atoms with van der Waals surface area (Å²) < 4.78 is 0. The molecule has 1 amide bonds. The number of piperidine rings is 1. The summed E-state index contributed by atoms with van der Waals surface area (Å²) in [6, 6.07) is 0. The van der Waals surface area contributed by atoms with Gasteiger partial charge in [0.25, 0.3) is 5.56 Å². The SMILES string of the molecule is Cc1[nH][nH]c(=O)c1CC(=O)N1CCCC2(CCc3cn[nH]c32)C1. The lowest BCUT2D eigenvalue weighted by atomic mass is 9.77. The van der Waals surface area contributed by atoms with Gasteiger partial charge < -0.3 is 10.00 Å². The van der Waals surface area contributed by atoms with Gasteiger partial charge in [0.15, 0.2) is 0 Å². The molecule has 1 fully saturated rings. The van der Waals surface area contributed by atoms with Crippen LogP contribution in [0.2, 0.25) is 0 Å². The highest BCUT2D eigenvalue weighted by atomic mass is 16.2. The summed E-state index contributed by atoms with van der Waals surface area (Å²) in [6.07, 6.45) is 6.27. The van der Waals surface area contributed by atoms with Crippen molar-refractivity contribution < 1.29 is 4.79 Å². The van der Waals surface area contributed by atoms with Gasteiger partial charge in [-0.05, 0) is 38.2 Å². The van der Waals surface area contributed by atoms with Crippen molar-refractivity contribution in [2.24, 2.45) is 0 Å². The maximum Gasteiger partial charge on any atom is 0.267 e. The summed E-state index contributed by atoms with van der Waals surface area (Å²) in [5.74, 6) is 0.0326. The number of H-pyrrole nitrogens is 3. The minimum Gasteiger partial charge on any atom is -0.341 e. The number of aryl methyl sites for hydroxylation is 2. The predicted molar refractivity (Wildman–Crippen MR) is 84.3 cm³/mol. The number of likely N-dealkylation sites (tertiary alicyclic amines) is 1. The monoisotopic (exact) mass is 315 g/mol. The van der Waals surface area contributed by atoms with E-state index in [4.69, 9.17) is 0 Å². The molecule has 1 spiro atoms. The summed E-state index contributed by atoms with van der Waals surface area (Å²) >= 11 is 0. The van der Waals surface area contributed by atoms with Crippen molar-refractivity contribution in [3.05, 3.63) is 39.1 Å². The summed E-state index contributed by atoms with van der Waals surface area (Å²) in [7, 11) is 0. The van der Waals surface area contributed by atoms with E-state index in [9.17, 15) is 9.59 Å². The first-order valence-electron chi connectivity index (χ1n) is 8.16. The molecule has 122 valence electrons. The van der Waals surface area contributed by atoms with E-state index in [0.29, 0.717) is 5.56 Å². The third-order valence-electron chi connectivity index (χ3n) is 5.47. The molecule has 1 aliphatic heterocycles. The lowest BCUT2D eigenvalue weighted by Crippen LogP contribution is -2.48. The Bertz CT molecular complexity index is 801. The quantitative estimate of drug-likeness (QED) is 0.764. The third kappa shape index (κ3) is 2.22. The molecular weight excluding hydrogens is 294 g/mol. The fourth-order valence-corrected chi connectivity index (χ4v) is 4.16. The van der Waals surface area contributed by atoms with Crippen LogP contribution < -0.4 is 5.56 Å². The van der Waals surface area contributed by atoms with Crippen LogP contribution in [0.5, 0.6) is 0 Å². The number of fused-ring (bicyclic) bond motifs is 2. The van der Waals surface area contributed by atoms with Gasteiger partial charge in [0.1, 0.15) is 0 Å². The molecule has 0 saturated carbocycles. The van der Waals surface area contributed by atoms with Crippen LogP contribution in [0.25, 0.3) is 0 Å². The highest BCUT2D eigenvalue weighted by Crippen LogP contribution is 2.43. The highest BCUT2D eigenvalue weighted by Gasteiger charge is 2.44. The average Bonchev–Trinajstić information content (AvgIpc) is 3.22. The third-order valence-corrected chi connectivity index (χ3v) is 5.47. The number of nitrogens with zero attached hydrogens (tertiary/aromatic N) is 2. The highest BCUT2D eigenvalue weighted by molar-refractivity contribution is 5.79. The van der Waals surface area contributed by atoms with Gasteiger partial charge in [-0.15, -0.1) is 0 Å². The Balaban J connectivity index is 1.54. The van der Waals surface area contributed by atoms with Crippen LogP contribution in [0.4, 0.5) is 0 Å². The van der Waals surface area contributed by atoms with Crippen molar-refractivity contribution in [1.29, 1.82) is 0 Å². The Kier molecular flexibility index (Phi) is 3.18. The molecule has 3 N–H and O–H groups in total. The van der Waals surface area contributed by atoms with Crippen molar-refractivity contribution in [2.75, 3.05) is 13.1 Å². The first kappa shape index (κ1) is 14.3. The van der Waals surface area contributed by atoms with E-state index >= 15 is 0 Å². The van der Waals surface area contributed by atoms with E-state index in [1.807, 2.05) is 18.0 Å². The molecule has 23 heavy (non-hydrogen) atoms. The summed E-state index contributed by atoms with van der Waals surface area (Å²) in [5, 5.41) is 12.6. The van der Waals surface area contributed by atoms with Gasteiger partial charge in [0, 0.05) is 35.5 Å². The van der Waals surface area contributed by atoms with E-state index in [-0.39, 0.29) is 23.3 Å². The first-order valence-corrected chi connectivity index (χ1v) is 8.16. The molecule has 1 saturated heterocycles. The van der Waals surface area contributed by atoms with Gasteiger partial charge in [-0.25, -0.2) is 0 Å². The van der Waals surface area contributed by atoms with Gasteiger partial charge in [-0.2, -0.15) is 5.10 Å². The Morgan fingerprint density at radius 1 is 1.39 bits per heavy atom. The van der Waals surface area contributed by atoms with Crippen molar-refractivity contribution in [3.8, 4) is 0 Å². The molecule has 2 aliphatic rings. The molecule has 7 nitrogen and oxygen atoms in total. The van der Waals surface area contributed by atoms with E-state index in [1.165, 1.54) is 11.3 Å². The van der Waals surface area contributed by atoms with Crippen molar-refractivity contribution >= 4 is 5.91 Å². The number of hydrogen-bond donors (Lipinski definition) is 3. The Morgan fingerprint density at radius 3 is 3.04 bits per heavy atom. The van der Waals surface area contributed by atoms with Gasteiger partial charge in [0.05, 0.1) is 12.6 Å². The second-order valence-electron chi connectivity index (χ2n) is 6.83. The minimum absolute atomic E-state index is 0.0271. The minimum atomic E-state index is -0.195. The Hall–Kier alpha value is -2.31. The van der Waals surface area contributed by atoms with E-state index in [1.54, 1.807) is 0 Å².